The highest BCUT2D eigenvalue weighted by molar-refractivity contribution is 8.02. The van der Waals surface area contributed by atoms with Gasteiger partial charge < -0.3 is 10.6 Å². The fourth-order valence-corrected chi connectivity index (χ4v) is 7.65. The van der Waals surface area contributed by atoms with E-state index in [0.717, 1.165) is 46.5 Å². The number of urea groups is 1. The summed E-state index contributed by atoms with van der Waals surface area (Å²) in [7, 11) is 0. The molecule has 9 heteroatoms. The predicted molar refractivity (Wildman–Crippen MR) is 109 cm³/mol. The second kappa shape index (κ2) is 7.16. The molecule has 7 nitrogen and oxygen atoms in total. The van der Waals surface area contributed by atoms with E-state index in [1.807, 2.05) is 0 Å². The zero-order valence-corrected chi connectivity index (χ0v) is 17.7. The summed E-state index contributed by atoms with van der Waals surface area (Å²) in [4.78, 5) is 25.0. The molecule has 1 aromatic rings. The Balaban J connectivity index is 1.13. The Morgan fingerprint density at radius 1 is 1.11 bits per heavy atom. The van der Waals surface area contributed by atoms with E-state index in [0.29, 0.717) is 6.04 Å². The largest absolute Gasteiger partial charge is 0.357 e. The molecule has 28 heavy (non-hydrogen) atoms. The molecule has 1 atom stereocenters. The first-order valence-corrected chi connectivity index (χ1v) is 12.1. The van der Waals surface area contributed by atoms with Gasteiger partial charge in [-0.05, 0) is 76.0 Å². The first-order chi connectivity index (χ1) is 13.5. The lowest BCUT2D eigenvalue weighted by Gasteiger charge is -2.56. The maximum Gasteiger partial charge on any atom is 0.321 e. The SMILES string of the molecule is C[C@@H](Sc1nnc(NC2CC2)s1)C(=O)NC(=O)NC12CC3CC(CC(C3)C1)C2. The summed E-state index contributed by atoms with van der Waals surface area (Å²) in [6.07, 6.45) is 9.57. The number of hydrogen-bond acceptors (Lipinski definition) is 7. The monoisotopic (exact) mass is 421 g/mol. The van der Waals surface area contributed by atoms with Gasteiger partial charge in [-0.15, -0.1) is 10.2 Å². The molecule has 3 amide bonds. The van der Waals surface area contributed by atoms with Gasteiger partial charge in [0.25, 0.3) is 0 Å². The van der Waals surface area contributed by atoms with E-state index in [2.05, 4.69) is 26.1 Å². The highest BCUT2D eigenvalue weighted by atomic mass is 32.2. The molecule has 0 radical (unpaired) electrons. The Kier molecular flexibility index (Phi) is 4.77. The van der Waals surface area contributed by atoms with Crippen molar-refractivity contribution in [1.29, 1.82) is 0 Å². The number of carbonyl (C=O) groups excluding carboxylic acids is 2. The number of rotatable bonds is 6. The maximum atomic E-state index is 12.5. The predicted octanol–water partition coefficient (Wildman–Crippen LogP) is 3.39. The summed E-state index contributed by atoms with van der Waals surface area (Å²) < 4.78 is 0.743. The van der Waals surface area contributed by atoms with Crippen molar-refractivity contribution in [2.24, 2.45) is 17.8 Å². The van der Waals surface area contributed by atoms with Crippen molar-refractivity contribution in [2.75, 3.05) is 5.32 Å². The number of amides is 3. The molecule has 1 heterocycles. The van der Waals surface area contributed by atoms with Crippen LogP contribution in [0.25, 0.3) is 0 Å². The molecule has 3 N–H and O–H groups in total. The van der Waals surface area contributed by atoms with Crippen molar-refractivity contribution >= 4 is 40.2 Å². The van der Waals surface area contributed by atoms with E-state index in [4.69, 9.17) is 0 Å². The van der Waals surface area contributed by atoms with Crippen LogP contribution in [0.5, 0.6) is 0 Å². The second-order valence-electron chi connectivity index (χ2n) is 9.19. The molecule has 5 aliphatic carbocycles. The van der Waals surface area contributed by atoms with Crippen molar-refractivity contribution in [2.45, 2.75) is 79.5 Å². The molecular weight excluding hydrogens is 394 g/mol. The normalized spacial score (nSPS) is 34.1. The van der Waals surface area contributed by atoms with Crippen LogP contribution in [-0.4, -0.2) is 39.0 Å². The molecule has 5 saturated carbocycles. The van der Waals surface area contributed by atoms with Gasteiger partial charge in [0.15, 0.2) is 4.34 Å². The Labute approximate surface area is 173 Å². The number of carbonyl (C=O) groups is 2. The van der Waals surface area contributed by atoms with E-state index < -0.39 is 5.25 Å². The summed E-state index contributed by atoms with van der Waals surface area (Å²) >= 11 is 2.80. The van der Waals surface area contributed by atoms with Crippen LogP contribution in [0.1, 0.15) is 58.3 Å². The van der Waals surface area contributed by atoms with Gasteiger partial charge in [0.1, 0.15) is 0 Å². The molecule has 0 saturated heterocycles. The minimum absolute atomic E-state index is 0.0852. The average Bonchev–Trinajstić information content (AvgIpc) is 3.30. The van der Waals surface area contributed by atoms with Gasteiger partial charge in [-0.1, -0.05) is 23.1 Å². The van der Waals surface area contributed by atoms with E-state index in [-0.39, 0.29) is 17.5 Å². The van der Waals surface area contributed by atoms with Gasteiger partial charge in [-0.3, -0.25) is 10.1 Å². The zero-order valence-electron chi connectivity index (χ0n) is 16.1. The van der Waals surface area contributed by atoms with Crippen LogP contribution in [0.2, 0.25) is 0 Å². The van der Waals surface area contributed by atoms with Gasteiger partial charge in [-0.2, -0.15) is 0 Å². The van der Waals surface area contributed by atoms with E-state index in [1.54, 1.807) is 6.92 Å². The third-order valence-corrected chi connectivity index (χ3v) is 8.65. The fraction of sp³-hybridized carbons (Fsp3) is 0.789. The zero-order chi connectivity index (χ0) is 19.3. The van der Waals surface area contributed by atoms with Crippen molar-refractivity contribution in [3.8, 4) is 0 Å². The van der Waals surface area contributed by atoms with Gasteiger partial charge in [-0.25, -0.2) is 4.79 Å². The topological polar surface area (TPSA) is 96.0 Å². The summed E-state index contributed by atoms with van der Waals surface area (Å²) in [6.45, 7) is 1.80. The van der Waals surface area contributed by atoms with Crippen LogP contribution in [-0.2, 0) is 4.79 Å². The average molecular weight is 422 g/mol. The van der Waals surface area contributed by atoms with Crippen molar-refractivity contribution in [3.05, 3.63) is 0 Å². The number of nitrogens with one attached hydrogen (secondary N) is 3. The minimum Gasteiger partial charge on any atom is -0.357 e. The maximum absolute atomic E-state index is 12.5. The molecule has 152 valence electrons. The van der Waals surface area contributed by atoms with Crippen LogP contribution in [0.4, 0.5) is 9.93 Å². The molecule has 5 fully saturated rings. The van der Waals surface area contributed by atoms with E-state index >= 15 is 0 Å². The van der Waals surface area contributed by atoms with Crippen molar-refractivity contribution in [3.63, 3.8) is 0 Å². The lowest BCUT2D eigenvalue weighted by molar-refractivity contribution is -0.119. The lowest BCUT2D eigenvalue weighted by atomic mass is 9.53. The molecule has 4 bridgehead atoms. The highest BCUT2D eigenvalue weighted by Crippen LogP contribution is 2.55. The van der Waals surface area contributed by atoms with E-state index in [9.17, 15) is 9.59 Å². The highest BCUT2D eigenvalue weighted by Gasteiger charge is 2.51. The summed E-state index contributed by atoms with van der Waals surface area (Å²) in [6, 6.07) is 0.188. The van der Waals surface area contributed by atoms with Gasteiger partial charge >= 0.3 is 6.03 Å². The molecule has 0 unspecified atom stereocenters. The number of thioether (sulfide) groups is 1. The summed E-state index contributed by atoms with van der Waals surface area (Å²) in [5.74, 6) is 1.99. The number of aromatic nitrogens is 2. The molecule has 0 spiro atoms. The van der Waals surface area contributed by atoms with Gasteiger partial charge in [0, 0.05) is 11.6 Å². The van der Waals surface area contributed by atoms with Gasteiger partial charge in [0.2, 0.25) is 11.0 Å². The van der Waals surface area contributed by atoms with Gasteiger partial charge in [0.05, 0.1) is 5.25 Å². The number of nitrogens with zero attached hydrogens (tertiary/aromatic N) is 2. The molecule has 1 aromatic heterocycles. The molecular formula is C19H27N5O2S2. The second-order valence-corrected chi connectivity index (χ2v) is 11.8. The van der Waals surface area contributed by atoms with Crippen LogP contribution >= 0.6 is 23.1 Å². The Bertz CT molecular complexity index is 743. The summed E-state index contributed by atoms with van der Waals surface area (Å²) in [5, 5.41) is 17.7. The third-order valence-electron chi connectivity index (χ3n) is 6.61. The third kappa shape index (κ3) is 4.01. The minimum atomic E-state index is -0.399. The summed E-state index contributed by atoms with van der Waals surface area (Å²) in [5.41, 5.74) is -0.0852. The Morgan fingerprint density at radius 3 is 2.36 bits per heavy atom. The van der Waals surface area contributed by atoms with Crippen molar-refractivity contribution in [1.82, 2.24) is 20.8 Å². The molecule has 0 aromatic carbocycles. The quantitative estimate of drug-likeness (QED) is 0.610. The fourth-order valence-electron chi connectivity index (χ4n) is 5.67. The van der Waals surface area contributed by atoms with Crippen LogP contribution in [0.15, 0.2) is 4.34 Å². The Hall–Kier alpha value is -1.35. The lowest BCUT2D eigenvalue weighted by Crippen LogP contribution is -2.62. The number of hydrogen-bond donors (Lipinski definition) is 3. The number of imide groups is 1. The standard InChI is InChI=1S/C19H27N5O2S2/c1-10(27-18-24-23-17(28-18)20-14-2-3-14)15(25)21-16(26)22-19-7-11-4-12(8-19)6-13(5-11)9-19/h10-14H,2-9H2,1H3,(H,20,23)(H2,21,22,25,26)/t10-,11?,12?,13?,19?/m1/s1. The van der Waals surface area contributed by atoms with Crippen LogP contribution < -0.4 is 16.0 Å². The first kappa shape index (κ1) is 18.7. The molecule has 0 aliphatic heterocycles. The smallest absolute Gasteiger partial charge is 0.321 e. The van der Waals surface area contributed by atoms with E-state index in [1.165, 1.54) is 55.2 Å². The molecule has 5 aliphatic rings. The molecule has 6 rings (SSSR count). The van der Waals surface area contributed by atoms with Crippen LogP contribution in [0, 0.1) is 17.8 Å². The van der Waals surface area contributed by atoms with Crippen molar-refractivity contribution < 1.29 is 9.59 Å². The Morgan fingerprint density at radius 2 is 1.75 bits per heavy atom. The first-order valence-electron chi connectivity index (χ1n) is 10.4. The number of anilines is 1. The van der Waals surface area contributed by atoms with Crippen LogP contribution in [0.3, 0.4) is 0 Å².